The van der Waals surface area contributed by atoms with Gasteiger partial charge in [-0.25, -0.2) is 14.4 Å². The molecule has 462 valence electrons. The highest BCUT2D eigenvalue weighted by Crippen LogP contribution is 2.38. The van der Waals surface area contributed by atoms with Crippen molar-refractivity contribution >= 4 is 41.2 Å². The predicted octanol–water partition coefficient (Wildman–Crippen LogP) is 7.74. The summed E-state index contributed by atoms with van der Waals surface area (Å²) < 4.78 is 71.2. The van der Waals surface area contributed by atoms with Crippen LogP contribution >= 0.6 is 0 Å². The fraction of sp³-hybridized carbons (Fsp3) is 0.364. The van der Waals surface area contributed by atoms with Crippen LogP contribution in [0.3, 0.4) is 0 Å². The molecule has 3 aliphatic heterocycles. The highest BCUT2D eigenvalue weighted by atomic mass is 16.8. The van der Waals surface area contributed by atoms with E-state index >= 15 is 0 Å². The van der Waals surface area contributed by atoms with Crippen LogP contribution in [0.2, 0.25) is 0 Å². The van der Waals surface area contributed by atoms with E-state index in [9.17, 15) is 38.9 Å². The zero-order chi connectivity index (χ0) is 61.9. The lowest BCUT2D eigenvalue weighted by Crippen LogP contribution is -2.65. The molecule has 22 nitrogen and oxygen atoms in total. The number of hydrogen-bond donors (Lipinski definition) is 0. The second kappa shape index (κ2) is 31.3. The molecule has 3 saturated heterocycles. The molecular formula is C66H69N3O19. The van der Waals surface area contributed by atoms with E-state index in [0.29, 0.717) is 24.2 Å². The van der Waals surface area contributed by atoms with Crippen molar-refractivity contribution in [1.82, 2.24) is 9.80 Å². The Hall–Kier alpha value is -8.74. The van der Waals surface area contributed by atoms with Gasteiger partial charge in [0.25, 0.3) is 5.91 Å². The number of amides is 2. The standard InChI is InChI=1S/C66H69N3O19/c1-43(70)36-78-40-54-57(81-37-46-19-9-4-10-20-46)44(2)58(86-63(74)49-25-15-7-16-26-49)66(85-54)88-60-59(82-38-47-21-11-5-12-22-47)55(84-65(83-39-48-23-13-6-14-24-48)61(60)87-64(75)50-27-17-8-18-28-50)41-80-56(72)42-79-53-30-29-51(35-52(53)69(76)77)62(73)68-33-31-67(32-34-68)45(3)71/h4-30,35,44,54-55,57-61,65-66H,31-34,36-42H2,1-3H3/t44-,54?,55?,57-,58?,59+,60-,61?,65+,66-/m0/s1. The topological polar surface area (TPSA) is 254 Å². The Morgan fingerprint density at radius 2 is 1.02 bits per heavy atom. The van der Waals surface area contributed by atoms with Crippen molar-refractivity contribution < 1.29 is 85.8 Å². The SMILES string of the molecule is CC(=O)COCC1O[C@@H](O[C@@H]2C(OC(=O)c3ccccc3)[C@H](OCc3ccccc3)OC(COC(=O)COc3ccc(C(=O)N4CCN(C(C)=O)CC4)cc3[N+](=O)[O-])[C@H]2OCc2ccccc2)C(OC(=O)c2ccccc2)[C@@H](C)[C@@H]1OCc1ccccc1. The number of nitro groups is 1. The molecule has 0 spiro atoms. The highest BCUT2D eigenvalue weighted by Gasteiger charge is 2.55. The Bertz CT molecular complexity index is 3280. The van der Waals surface area contributed by atoms with Crippen molar-refractivity contribution in [2.75, 3.05) is 52.6 Å². The van der Waals surface area contributed by atoms with Crippen molar-refractivity contribution in [2.24, 2.45) is 5.92 Å². The number of esters is 3. The van der Waals surface area contributed by atoms with Crippen LogP contribution in [-0.2, 0) is 81.6 Å². The van der Waals surface area contributed by atoms with Gasteiger partial charge >= 0.3 is 23.6 Å². The van der Waals surface area contributed by atoms with Gasteiger partial charge in [-0.2, -0.15) is 0 Å². The summed E-state index contributed by atoms with van der Waals surface area (Å²) in [6, 6.07) is 47.6. The predicted molar refractivity (Wildman–Crippen MR) is 313 cm³/mol. The molecule has 0 aromatic heterocycles. The van der Waals surface area contributed by atoms with E-state index in [1.807, 2.05) is 91.0 Å². The maximum atomic E-state index is 14.5. The maximum Gasteiger partial charge on any atom is 0.344 e. The van der Waals surface area contributed by atoms with Crippen LogP contribution in [0.4, 0.5) is 5.69 Å². The smallest absolute Gasteiger partial charge is 0.344 e. The van der Waals surface area contributed by atoms with Crippen LogP contribution in [0.1, 0.15) is 68.5 Å². The monoisotopic (exact) mass is 1210 g/mol. The van der Waals surface area contributed by atoms with Gasteiger partial charge in [-0.3, -0.25) is 24.5 Å². The maximum absolute atomic E-state index is 14.5. The van der Waals surface area contributed by atoms with Crippen LogP contribution in [0, 0.1) is 16.0 Å². The first-order chi connectivity index (χ1) is 42.7. The number of carbonyl (C=O) groups excluding carboxylic acids is 6. The third-order valence-electron chi connectivity index (χ3n) is 15.0. The number of benzene rings is 6. The number of ether oxygens (including phenoxy) is 11. The average molecular weight is 1210 g/mol. The molecule has 0 saturated carbocycles. The summed E-state index contributed by atoms with van der Waals surface area (Å²) in [6.45, 7) is 3.69. The largest absolute Gasteiger partial charge is 0.475 e. The van der Waals surface area contributed by atoms with Gasteiger partial charge in [0.05, 0.1) is 48.6 Å². The summed E-state index contributed by atoms with van der Waals surface area (Å²) in [7, 11) is 0. The van der Waals surface area contributed by atoms with E-state index in [1.54, 1.807) is 72.5 Å². The second-order valence-electron chi connectivity index (χ2n) is 21.3. The lowest BCUT2D eigenvalue weighted by molar-refractivity contribution is -0.385. The average Bonchev–Trinajstić information content (AvgIpc) is 1.10. The molecule has 0 radical (unpaired) electrons. The first-order valence-electron chi connectivity index (χ1n) is 28.8. The molecule has 3 heterocycles. The molecule has 22 heteroatoms. The number of carbonyl (C=O) groups is 6. The van der Waals surface area contributed by atoms with E-state index in [-0.39, 0.29) is 80.3 Å². The first kappa shape index (κ1) is 63.8. The summed E-state index contributed by atoms with van der Waals surface area (Å²) in [4.78, 5) is 95.2. The Balaban J connectivity index is 1.06. The molecule has 0 bridgehead atoms. The van der Waals surface area contributed by atoms with Crippen LogP contribution in [0.15, 0.2) is 170 Å². The van der Waals surface area contributed by atoms with Crippen molar-refractivity contribution in [3.63, 3.8) is 0 Å². The van der Waals surface area contributed by atoms with E-state index in [1.165, 1.54) is 30.9 Å². The van der Waals surface area contributed by atoms with E-state index in [0.717, 1.165) is 11.6 Å². The van der Waals surface area contributed by atoms with Crippen molar-refractivity contribution in [1.29, 1.82) is 0 Å². The Morgan fingerprint density at radius 1 is 0.534 bits per heavy atom. The molecule has 9 rings (SSSR count). The van der Waals surface area contributed by atoms with E-state index < -0.39 is 109 Å². The Morgan fingerprint density at radius 3 is 1.56 bits per heavy atom. The summed E-state index contributed by atoms with van der Waals surface area (Å²) in [5, 5.41) is 12.4. The molecule has 88 heavy (non-hydrogen) atoms. The number of ketones is 1. The zero-order valence-electron chi connectivity index (χ0n) is 48.8. The third-order valence-corrected chi connectivity index (χ3v) is 15.0. The quantitative estimate of drug-likeness (QED) is 0.0218. The molecular weight excluding hydrogens is 1140 g/mol. The fourth-order valence-corrected chi connectivity index (χ4v) is 10.4. The molecule has 6 aromatic rings. The number of rotatable bonds is 26. The number of nitrogens with zero attached hydrogens (tertiary/aromatic N) is 3. The van der Waals surface area contributed by atoms with Gasteiger partial charge < -0.3 is 61.9 Å². The molecule has 4 unspecified atom stereocenters. The molecule has 10 atom stereocenters. The van der Waals surface area contributed by atoms with Crippen LogP contribution in [0.25, 0.3) is 0 Å². The molecule has 0 N–H and O–H groups in total. The second-order valence-corrected chi connectivity index (χ2v) is 21.3. The fourth-order valence-electron chi connectivity index (χ4n) is 10.4. The summed E-state index contributed by atoms with van der Waals surface area (Å²) in [6.07, 6.45) is -12.0. The minimum atomic E-state index is -1.56. The van der Waals surface area contributed by atoms with Crippen molar-refractivity contribution in [2.45, 2.75) is 95.9 Å². The van der Waals surface area contributed by atoms with Crippen molar-refractivity contribution in [3.05, 3.63) is 213 Å². The summed E-state index contributed by atoms with van der Waals surface area (Å²) in [5.74, 6) is -4.49. The van der Waals surface area contributed by atoms with Gasteiger partial charge in [0, 0.05) is 50.7 Å². The van der Waals surface area contributed by atoms with Crippen LogP contribution < -0.4 is 4.74 Å². The van der Waals surface area contributed by atoms with Crippen LogP contribution in [-0.4, -0.2) is 158 Å². The molecule has 2 amide bonds. The Kier molecular flexibility index (Phi) is 22.6. The summed E-state index contributed by atoms with van der Waals surface area (Å²) >= 11 is 0. The minimum Gasteiger partial charge on any atom is -0.475 e. The molecule has 3 aliphatic rings. The molecule has 3 fully saturated rings. The lowest BCUT2D eigenvalue weighted by Gasteiger charge is -2.49. The number of hydrogen-bond acceptors (Lipinski definition) is 19. The van der Waals surface area contributed by atoms with Crippen LogP contribution in [0.5, 0.6) is 5.75 Å². The van der Waals surface area contributed by atoms with Gasteiger partial charge in [-0.05, 0) is 60.0 Å². The van der Waals surface area contributed by atoms with Gasteiger partial charge in [0.15, 0.2) is 42.9 Å². The van der Waals surface area contributed by atoms with Gasteiger partial charge in [0.1, 0.15) is 37.6 Å². The van der Waals surface area contributed by atoms with E-state index in [4.69, 9.17) is 52.1 Å². The highest BCUT2D eigenvalue weighted by molar-refractivity contribution is 5.95. The first-order valence-corrected chi connectivity index (χ1v) is 28.8. The zero-order valence-corrected chi connectivity index (χ0v) is 48.8. The normalized spacial score (nSPS) is 22.6. The van der Waals surface area contributed by atoms with E-state index in [2.05, 4.69) is 0 Å². The number of nitro benzene ring substituents is 1. The molecule has 6 aromatic carbocycles. The lowest BCUT2D eigenvalue weighted by atomic mass is 9.89. The Labute approximate surface area is 508 Å². The van der Waals surface area contributed by atoms with Gasteiger partial charge in [0.2, 0.25) is 5.91 Å². The summed E-state index contributed by atoms with van der Waals surface area (Å²) in [5.41, 5.74) is 2.01. The van der Waals surface area contributed by atoms with Gasteiger partial charge in [-0.1, -0.05) is 134 Å². The minimum absolute atomic E-state index is 0.00395. The number of piperazine rings is 1. The molecule has 0 aliphatic carbocycles. The number of Topliss-reactive ketones (excluding diaryl/α,β-unsaturated/α-hetero) is 1. The third kappa shape index (κ3) is 17.3. The van der Waals surface area contributed by atoms with Crippen molar-refractivity contribution in [3.8, 4) is 5.75 Å². The van der Waals surface area contributed by atoms with Gasteiger partial charge in [-0.15, -0.1) is 0 Å².